The zero-order valence-electron chi connectivity index (χ0n) is 16.8. The minimum absolute atomic E-state index is 0.0250. The van der Waals surface area contributed by atoms with Gasteiger partial charge in [0, 0.05) is 19.4 Å². The van der Waals surface area contributed by atoms with Crippen LogP contribution in [0.25, 0.3) is 0 Å². The minimum atomic E-state index is -0.515. The first-order chi connectivity index (χ1) is 14.8. The van der Waals surface area contributed by atoms with E-state index in [1.165, 1.54) is 23.5 Å². The molecule has 0 saturated carbocycles. The van der Waals surface area contributed by atoms with E-state index in [0.29, 0.717) is 22.7 Å². The number of amides is 3. The van der Waals surface area contributed by atoms with Crippen LogP contribution in [0.1, 0.15) is 42.7 Å². The van der Waals surface area contributed by atoms with E-state index in [4.69, 9.17) is 5.73 Å². The molecule has 0 spiro atoms. The van der Waals surface area contributed by atoms with E-state index in [1.807, 2.05) is 0 Å². The summed E-state index contributed by atoms with van der Waals surface area (Å²) in [7, 11) is 0. The summed E-state index contributed by atoms with van der Waals surface area (Å²) in [6, 6.07) is 12.7. The third kappa shape index (κ3) is 5.95. The van der Waals surface area contributed by atoms with Crippen LogP contribution in [-0.2, 0) is 11.2 Å². The van der Waals surface area contributed by atoms with Crippen LogP contribution in [0.2, 0.25) is 0 Å². The van der Waals surface area contributed by atoms with Gasteiger partial charge >= 0.3 is 0 Å². The van der Waals surface area contributed by atoms with E-state index in [9.17, 15) is 18.8 Å². The SMILES string of the molecule is Cc1nc(Cc2ccc(F)cc2)sc1C(=O)Nc1ccccc1C(=O)NCCC(N)=O. The zero-order chi connectivity index (χ0) is 22.4. The van der Waals surface area contributed by atoms with Crippen molar-refractivity contribution in [3.8, 4) is 0 Å². The summed E-state index contributed by atoms with van der Waals surface area (Å²) in [4.78, 5) is 41.0. The number of rotatable bonds is 8. The molecule has 2 aromatic carbocycles. The molecular formula is C22H21FN4O3S. The maximum absolute atomic E-state index is 13.1. The number of aromatic nitrogens is 1. The number of para-hydroxylation sites is 1. The number of carbonyl (C=O) groups is 3. The molecule has 1 aromatic heterocycles. The average molecular weight is 441 g/mol. The second kappa shape index (κ2) is 9.94. The molecular weight excluding hydrogens is 419 g/mol. The van der Waals surface area contributed by atoms with Crippen molar-refractivity contribution >= 4 is 34.7 Å². The third-order valence-electron chi connectivity index (χ3n) is 4.39. The summed E-state index contributed by atoms with van der Waals surface area (Å²) >= 11 is 1.25. The highest BCUT2D eigenvalue weighted by Gasteiger charge is 2.18. The Balaban J connectivity index is 1.72. The molecule has 0 atom stereocenters. The molecule has 0 saturated heterocycles. The van der Waals surface area contributed by atoms with Crippen LogP contribution in [0, 0.1) is 12.7 Å². The van der Waals surface area contributed by atoms with Crippen LogP contribution in [0.5, 0.6) is 0 Å². The quantitative estimate of drug-likeness (QED) is 0.499. The molecule has 4 N–H and O–H groups in total. The van der Waals surface area contributed by atoms with Crippen molar-refractivity contribution in [3.05, 3.63) is 81.1 Å². The van der Waals surface area contributed by atoms with Gasteiger partial charge in [0.25, 0.3) is 11.8 Å². The van der Waals surface area contributed by atoms with Gasteiger partial charge in [-0.15, -0.1) is 11.3 Å². The Labute approximate surface area is 182 Å². The number of nitrogens with zero attached hydrogens (tertiary/aromatic N) is 1. The van der Waals surface area contributed by atoms with Crippen LogP contribution in [-0.4, -0.2) is 29.3 Å². The lowest BCUT2D eigenvalue weighted by atomic mass is 10.1. The predicted molar refractivity (Wildman–Crippen MR) is 117 cm³/mol. The number of primary amides is 1. The molecule has 0 fully saturated rings. The first-order valence-electron chi connectivity index (χ1n) is 9.51. The van der Waals surface area contributed by atoms with Crippen LogP contribution in [0.15, 0.2) is 48.5 Å². The molecule has 0 aliphatic rings. The van der Waals surface area contributed by atoms with E-state index in [1.54, 1.807) is 43.3 Å². The van der Waals surface area contributed by atoms with E-state index in [-0.39, 0.29) is 30.3 Å². The van der Waals surface area contributed by atoms with E-state index < -0.39 is 11.8 Å². The number of thiazole rings is 1. The summed E-state index contributed by atoms with van der Waals surface area (Å²) in [5.74, 6) is -1.62. The fourth-order valence-corrected chi connectivity index (χ4v) is 3.87. The predicted octanol–water partition coefficient (Wildman–Crippen LogP) is 3.04. The monoisotopic (exact) mass is 440 g/mol. The van der Waals surface area contributed by atoms with Crippen molar-refractivity contribution in [2.75, 3.05) is 11.9 Å². The van der Waals surface area contributed by atoms with Gasteiger partial charge in [-0.2, -0.15) is 0 Å². The number of benzene rings is 2. The lowest BCUT2D eigenvalue weighted by Gasteiger charge is -2.10. The van der Waals surface area contributed by atoms with Gasteiger partial charge in [-0.1, -0.05) is 24.3 Å². The zero-order valence-corrected chi connectivity index (χ0v) is 17.6. The molecule has 0 unspecified atom stereocenters. The molecule has 31 heavy (non-hydrogen) atoms. The van der Waals surface area contributed by atoms with Crippen molar-refractivity contribution < 1.29 is 18.8 Å². The Bertz CT molecular complexity index is 1110. The minimum Gasteiger partial charge on any atom is -0.370 e. The summed E-state index contributed by atoms with van der Waals surface area (Å²) in [6.45, 7) is 1.85. The van der Waals surface area contributed by atoms with Crippen molar-refractivity contribution in [2.24, 2.45) is 5.73 Å². The number of anilines is 1. The maximum atomic E-state index is 13.1. The van der Waals surface area contributed by atoms with Crippen molar-refractivity contribution in [1.29, 1.82) is 0 Å². The van der Waals surface area contributed by atoms with Crippen molar-refractivity contribution in [2.45, 2.75) is 19.8 Å². The topological polar surface area (TPSA) is 114 Å². The molecule has 3 rings (SSSR count). The lowest BCUT2D eigenvalue weighted by molar-refractivity contribution is -0.117. The van der Waals surface area contributed by atoms with Crippen molar-refractivity contribution in [1.82, 2.24) is 10.3 Å². The van der Waals surface area contributed by atoms with Crippen LogP contribution in [0.4, 0.5) is 10.1 Å². The summed E-state index contributed by atoms with van der Waals surface area (Å²) in [5.41, 5.74) is 7.16. The average Bonchev–Trinajstić information content (AvgIpc) is 3.10. The number of nitrogens with one attached hydrogen (secondary N) is 2. The standard InChI is InChI=1S/C22H21FN4O3S/c1-13-20(31-19(26-13)12-14-6-8-15(23)9-7-14)22(30)27-17-5-3-2-4-16(17)21(29)25-11-10-18(24)28/h2-9H,10-12H2,1H3,(H2,24,28)(H,25,29)(H,27,30). The number of aryl methyl sites for hydroxylation is 1. The van der Waals surface area contributed by atoms with Gasteiger partial charge in [-0.05, 0) is 36.8 Å². The molecule has 0 bridgehead atoms. The van der Waals surface area contributed by atoms with Gasteiger partial charge in [0.1, 0.15) is 10.7 Å². The van der Waals surface area contributed by atoms with Gasteiger partial charge in [0.05, 0.1) is 22.0 Å². The molecule has 0 aliphatic carbocycles. The second-order valence-electron chi connectivity index (χ2n) is 6.80. The number of hydrogen-bond donors (Lipinski definition) is 3. The Morgan fingerprint density at radius 3 is 2.48 bits per heavy atom. The van der Waals surface area contributed by atoms with Crippen LogP contribution in [0.3, 0.4) is 0 Å². The van der Waals surface area contributed by atoms with Crippen LogP contribution < -0.4 is 16.4 Å². The summed E-state index contributed by atoms with van der Waals surface area (Å²) in [5, 5.41) is 6.09. The fraction of sp³-hybridized carbons (Fsp3) is 0.182. The number of hydrogen-bond acceptors (Lipinski definition) is 5. The molecule has 0 aliphatic heterocycles. The number of halogens is 1. The lowest BCUT2D eigenvalue weighted by Crippen LogP contribution is -2.28. The highest BCUT2D eigenvalue weighted by Crippen LogP contribution is 2.23. The smallest absolute Gasteiger partial charge is 0.267 e. The van der Waals surface area contributed by atoms with Gasteiger partial charge in [-0.3, -0.25) is 14.4 Å². The molecule has 0 radical (unpaired) electrons. The molecule has 3 aromatic rings. The Morgan fingerprint density at radius 2 is 1.77 bits per heavy atom. The molecule has 160 valence electrons. The third-order valence-corrected chi connectivity index (χ3v) is 5.55. The molecule has 1 heterocycles. The molecule has 9 heteroatoms. The number of nitrogens with two attached hydrogens (primary N) is 1. The maximum Gasteiger partial charge on any atom is 0.267 e. The van der Waals surface area contributed by atoms with Gasteiger partial charge in [0.15, 0.2) is 0 Å². The Hall–Kier alpha value is -3.59. The van der Waals surface area contributed by atoms with E-state index in [0.717, 1.165) is 10.6 Å². The normalized spacial score (nSPS) is 10.5. The van der Waals surface area contributed by atoms with Crippen LogP contribution >= 0.6 is 11.3 Å². The van der Waals surface area contributed by atoms with Crippen molar-refractivity contribution in [3.63, 3.8) is 0 Å². The summed E-state index contributed by atoms with van der Waals surface area (Å²) in [6.07, 6.45) is 0.509. The first kappa shape index (κ1) is 22.1. The van der Waals surface area contributed by atoms with E-state index in [2.05, 4.69) is 15.6 Å². The highest BCUT2D eigenvalue weighted by atomic mass is 32.1. The molecule has 3 amide bonds. The first-order valence-corrected chi connectivity index (χ1v) is 10.3. The second-order valence-corrected chi connectivity index (χ2v) is 7.88. The largest absolute Gasteiger partial charge is 0.370 e. The highest BCUT2D eigenvalue weighted by molar-refractivity contribution is 7.14. The van der Waals surface area contributed by atoms with Gasteiger partial charge in [0.2, 0.25) is 5.91 Å². The Morgan fingerprint density at radius 1 is 1.06 bits per heavy atom. The fourth-order valence-electron chi connectivity index (χ4n) is 2.88. The number of carbonyl (C=O) groups excluding carboxylic acids is 3. The van der Waals surface area contributed by atoms with E-state index >= 15 is 0 Å². The Kier molecular flexibility index (Phi) is 7.09. The summed E-state index contributed by atoms with van der Waals surface area (Å²) < 4.78 is 13.1. The molecule has 7 nitrogen and oxygen atoms in total. The van der Waals surface area contributed by atoms with Gasteiger partial charge in [-0.25, -0.2) is 9.37 Å². The van der Waals surface area contributed by atoms with Gasteiger partial charge < -0.3 is 16.4 Å².